The quantitative estimate of drug-likeness (QED) is 0.407. The standard InChI is InChI=1S/C21H32N4O3S/c1-2-28-20(27)17-13-23-21(24-19(17)22)29-14-18(26)25(15-9-5-3-6-10-15)16-11-7-4-8-12-16/h13,15-16H,2-12,14H2,1H3,(H2,22,23,24). The van der Waals surface area contributed by atoms with Gasteiger partial charge in [0.05, 0.1) is 12.4 Å². The van der Waals surface area contributed by atoms with E-state index in [4.69, 9.17) is 10.5 Å². The molecule has 0 aliphatic heterocycles. The second-order valence-corrected chi connectivity index (χ2v) is 8.79. The number of hydrogen-bond acceptors (Lipinski definition) is 7. The van der Waals surface area contributed by atoms with E-state index in [1.807, 2.05) is 0 Å². The number of anilines is 1. The van der Waals surface area contributed by atoms with Crippen LogP contribution in [0.2, 0.25) is 0 Å². The number of carbonyl (C=O) groups excluding carboxylic acids is 2. The zero-order valence-corrected chi connectivity index (χ0v) is 18.1. The molecule has 7 nitrogen and oxygen atoms in total. The van der Waals surface area contributed by atoms with Gasteiger partial charge in [-0.05, 0) is 32.6 Å². The lowest BCUT2D eigenvalue weighted by Gasteiger charge is -2.41. The smallest absolute Gasteiger partial charge is 0.343 e. The van der Waals surface area contributed by atoms with Crippen molar-refractivity contribution in [2.75, 3.05) is 18.1 Å². The molecule has 1 amide bonds. The molecule has 0 saturated heterocycles. The van der Waals surface area contributed by atoms with Gasteiger partial charge in [0.2, 0.25) is 5.91 Å². The lowest BCUT2D eigenvalue weighted by Crippen LogP contribution is -2.49. The van der Waals surface area contributed by atoms with E-state index in [0.29, 0.717) is 23.0 Å². The van der Waals surface area contributed by atoms with Gasteiger partial charge in [-0.15, -0.1) is 0 Å². The molecule has 29 heavy (non-hydrogen) atoms. The summed E-state index contributed by atoms with van der Waals surface area (Å²) < 4.78 is 4.95. The van der Waals surface area contributed by atoms with Gasteiger partial charge in [0.25, 0.3) is 0 Å². The van der Waals surface area contributed by atoms with Crippen LogP contribution in [0.3, 0.4) is 0 Å². The maximum Gasteiger partial charge on any atom is 0.343 e. The minimum absolute atomic E-state index is 0.0878. The number of rotatable bonds is 7. The molecule has 1 heterocycles. The number of nitrogens with zero attached hydrogens (tertiary/aromatic N) is 3. The molecule has 160 valence electrons. The molecule has 0 unspecified atom stereocenters. The summed E-state index contributed by atoms with van der Waals surface area (Å²) >= 11 is 1.29. The number of esters is 1. The van der Waals surface area contributed by atoms with E-state index in [2.05, 4.69) is 14.9 Å². The predicted molar refractivity (Wildman–Crippen MR) is 114 cm³/mol. The molecular weight excluding hydrogens is 388 g/mol. The maximum atomic E-state index is 13.2. The first-order valence-corrected chi connectivity index (χ1v) is 11.8. The third kappa shape index (κ3) is 5.84. The Hall–Kier alpha value is -1.83. The summed E-state index contributed by atoms with van der Waals surface area (Å²) in [6.07, 6.45) is 13.2. The Morgan fingerprint density at radius 3 is 2.21 bits per heavy atom. The van der Waals surface area contributed by atoms with Gasteiger partial charge in [0, 0.05) is 18.3 Å². The van der Waals surface area contributed by atoms with Gasteiger partial charge in [0.15, 0.2) is 5.16 Å². The molecule has 0 radical (unpaired) electrons. The predicted octanol–water partition coefficient (Wildman–Crippen LogP) is 3.82. The normalized spacial score (nSPS) is 18.4. The van der Waals surface area contributed by atoms with Gasteiger partial charge in [-0.25, -0.2) is 14.8 Å². The zero-order valence-electron chi connectivity index (χ0n) is 17.3. The number of amides is 1. The van der Waals surface area contributed by atoms with Crippen molar-refractivity contribution in [3.05, 3.63) is 11.8 Å². The van der Waals surface area contributed by atoms with Crippen LogP contribution in [-0.2, 0) is 9.53 Å². The minimum Gasteiger partial charge on any atom is -0.462 e. The second-order valence-electron chi connectivity index (χ2n) is 7.85. The van der Waals surface area contributed by atoms with Crippen molar-refractivity contribution in [3.8, 4) is 0 Å². The van der Waals surface area contributed by atoms with Crippen molar-refractivity contribution in [2.45, 2.75) is 88.4 Å². The van der Waals surface area contributed by atoms with Crippen molar-refractivity contribution in [2.24, 2.45) is 0 Å². The highest BCUT2D eigenvalue weighted by atomic mass is 32.2. The third-order valence-corrected chi connectivity index (χ3v) is 6.69. The molecule has 2 fully saturated rings. The number of nitrogen functional groups attached to an aromatic ring is 1. The van der Waals surface area contributed by atoms with Crippen LogP contribution >= 0.6 is 11.8 Å². The molecule has 1 aromatic heterocycles. The fourth-order valence-electron chi connectivity index (χ4n) is 4.44. The minimum atomic E-state index is -0.529. The Balaban J connectivity index is 1.64. The SMILES string of the molecule is CCOC(=O)c1cnc(SCC(=O)N(C2CCCCC2)C2CCCCC2)nc1N. The van der Waals surface area contributed by atoms with Crippen LogP contribution in [0, 0.1) is 0 Å². The van der Waals surface area contributed by atoms with Crippen LogP contribution in [0.1, 0.15) is 81.5 Å². The Morgan fingerprint density at radius 2 is 1.69 bits per heavy atom. The zero-order chi connectivity index (χ0) is 20.6. The highest BCUT2D eigenvalue weighted by Gasteiger charge is 2.32. The van der Waals surface area contributed by atoms with E-state index >= 15 is 0 Å². The summed E-state index contributed by atoms with van der Waals surface area (Å²) in [5.74, 6) is 0.0271. The molecule has 0 spiro atoms. The summed E-state index contributed by atoms with van der Waals surface area (Å²) in [4.78, 5) is 35.6. The first-order chi connectivity index (χ1) is 14.1. The average Bonchev–Trinajstić information content (AvgIpc) is 2.74. The molecule has 2 N–H and O–H groups in total. The molecule has 8 heteroatoms. The number of thioether (sulfide) groups is 1. The van der Waals surface area contributed by atoms with E-state index in [1.54, 1.807) is 6.92 Å². The van der Waals surface area contributed by atoms with E-state index in [9.17, 15) is 9.59 Å². The number of hydrogen-bond donors (Lipinski definition) is 1. The van der Waals surface area contributed by atoms with E-state index in [-0.39, 0.29) is 23.9 Å². The number of ether oxygens (including phenoxy) is 1. The van der Waals surface area contributed by atoms with Crippen molar-refractivity contribution in [3.63, 3.8) is 0 Å². The van der Waals surface area contributed by atoms with Crippen LogP contribution in [0.5, 0.6) is 0 Å². The van der Waals surface area contributed by atoms with Crippen molar-refractivity contribution in [1.29, 1.82) is 0 Å². The molecule has 0 atom stereocenters. The summed E-state index contributed by atoms with van der Waals surface area (Å²) in [6.45, 7) is 2.00. The highest BCUT2D eigenvalue weighted by Crippen LogP contribution is 2.31. The highest BCUT2D eigenvalue weighted by molar-refractivity contribution is 7.99. The molecule has 2 aliphatic carbocycles. The molecular formula is C21H32N4O3S. The van der Waals surface area contributed by atoms with E-state index in [0.717, 1.165) is 25.7 Å². The average molecular weight is 421 g/mol. The maximum absolute atomic E-state index is 13.2. The third-order valence-electron chi connectivity index (χ3n) is 5.84. The topological polar surface area (TPSA) is 98.4 Å². The van der Waals surface area contributed by atoms with Gasteiger partial charge in [-0.2, -0.15) is 0 Å². The summed E-state index contributed by atoms with van der Waals surface area (Å²) in [6, 6.07) is 0.745. The summed E-state index contributed by atoms with van der Waals surface area (Å²) in [5, 5.41) is 0.413. The fraction of sp³-hybridized carbons (Fsp3) is 0.714. The lowest BCUT2D eigenvalue weighted by atomic mass is 9.88. The van der Waals surface area contributed by atoms with Crippen molar-refractivity contribution in [1.82, 2.24) is 14.9 Å². The van der Waals surface area contributed by atoms with Crippen LogP contribution < -0.4 is 5.73 Å². The van der Waals surface area contributed by atoms with Crippen LogP contribution in [0.15, 0.2) is 11.4 Å². The first-order valence-electron chi connectivity index (χ1n) is 10.8. The monoisotopic (exact) mass is 420 g/mol. The summed E-state index contributed by atoms with van der Waals surface area (Å²) in [7, 11) is 0. The lowest BCUT2D eigenvalue weighted by molar-refractivity contribution is -0.135. The Morgan fingerprint density at radius 1 is 1.10 bits per heavy atom. The van der Waals surface area contributed by atoms with Crippen LogP contribution in [0.4, 0.5) is 5.82 Å². The van der Waals surface area contributed by atoms with E-state index < -0.39 is 5.97 Å². The van der Waals surface area contributed by atoms with Crippen molar-refractivity contribution < 1.29 is 14.3 Å². The molecule has 3 rings (SSSR count). The number of carbonyl (C=O) groups is 2. The van der Waals surface area contributed by atoms with Gasteiger partial charge in [0.1, 0.15) is 11.4 Å². The largest absolute Gasteiger partial charge is 0.462 e. The number of nitrogens with two attached hydrogens (primary N) is 1. The van der Waals surface area contributed by atoms with Crippen LogP contribution in [0.25, 0.3) is 0 Å². The van der Waals surface area contributed by atoms with Gasteiger partial charge in [-0.3, -0.25) is 4.79 Å². The molecule has 2 aliphatic rings. The van der Waals surface area contributed by atoms with Crippen molar-refractivity contribution >= 4 is 29.5 Å². The Bertz CT molecular complexity index is 685. The molecule has 2 saturated carbocycles. The van der Waals surface area contributed by atoms with Gasteiger partial charge < -0.3 is 15.4 Å². The molecule has 1 aromatic rings. The fourth-order valence-corrected chi connectivity index (χ4v) is 5.13. The first kappa shape index (κ1) is 21.9. The number of aromatic nitrogens is 2. The van der Waals surface area contributed by atoms with Gasteiger partial charge in [-0.1, -0.05) is 50.3 Å². The summed E-state index contributed by atoms with van der Waals surface area (Å²) in [5.41, 5.74) is 6.05. The van der Waals surface area contributed by atoms with E-state index in [1.165, 1.54) is 56.5 Å². The molecule has 0 bridgehead atoms. The Kier molecular flexibility index (Phi) is 8.15. The Labute approximate surface area is 177 Å². The molecule has 0 aromatic carbocycles. The van der Waals surface area contributed by atoms with Gasteiger partial charge >= 0.3 is 5.97 Å². The van der Waals surface area contributed by atoms with Crippen LogP contribution in [-0.4, -0.2) is 51.2 Å². The second kappa shape index (κ2) is 10.8.